The van der Waals surface area contributed by atoms with Crippen LogP contribution < -0.4 is 16.4 Å². The van der Waals surface area contributed by atoms with Gasteiger partial charge in [0.25, 0.3) is 0 Å². The van der Waals surface area contributed by atoms with E-state index >= 15 is 0 Å². The number of anilines is 1. The first-order valence-electron chi connectivity index (χ1n) is 8.07. The quantitative estimate of drug-likeness (QED) is 0.679. The smallest absolute Gasteiger partial charge is 0.312 e. The Bertz CT molecular complexity index is 707. The van der Waals surface area contributed by atoms with Gasteiger partial charge in [0.1, 0.15) is 6.04 Å². The average molecular weight is 357 g/mol. The number of nitrogens with one attached hydrogen (secondary N) is 2. The lowest BCUT2D eigenvalue weighted by molar-refractivity contribution is -0.117. The molecule has 0 fully saturated rings. The molecule has 0 saturated heterocycles. The molecule has 0 radical (unpaired) electrons. The normalized spacial score (nSPS) is 11.6. The molecule has 0 aliphatic carbocycles. The van der Waals surface area contributed by atoms with Gasteiger partial charge in [0.05, 0.1) is 0 Å². The zero-order chi connectivity index (χ0) is 18.1. The molecule has 0 spiro atoms. The third-order valence-corrected chi connectivity index (χ3v) is 4.40. The van der Waals surface area contributed by atoms with E-state index in [1.807, 2.05) is 48.7 Å². The predicted molar refractivity (Wildman–Crippen MR) is 104 cm³/mol. The monoisotopic (exact) mass is 357 g/mol. The van der Waals surface area contributed by atoms with Crippen LogP contribution >= 0.6 is 11.8 Å². The van der Waals surface area contributed by atoms with E-state index in [1.165, 1.54) is 5.56 Å². The zero-order valence-corrected chi connectivity index (χ0v) is 15.0. The fourth-order valence-electron chi connectivity index (χ4n) is 2.51. The molecule has 0 aliphatic rings. The van der Waals surface area contributed by atoms with E-state index in [0.717, 1.165) is 23.4 Å². The number of para-hydroxylation sites is 1. The number of urea groups is 1. The molecule has 0 heterocycles. The molecule has 1 atom stereocenters. The fourth-order valence-corrected chi connectivity index (χ4v) is 2.98. The summed E-state index contributed by atoms with van der Waals surface area (Å²) in [5, 5.41) is 5.44. The maximum absolute atomic E-state index is 12.6. The number of primary amides is 1. The highest BCUT2D eigenvalue weighted by molar-refractivity contribution is 7.98. The first-order valence-corrected chi connectivity index (χ1v) is 9.47. The van der Waals surface area contributed by atoms with Crippen molar-refractivity contribution in [3.63, 3.8) is 0 Å². The van der Waals surface area contributed by atoms with Crippen LogP contribution in [0.25, 0.3) is 0 Å². The van der Waals surface area contributed by atoms with Gasteiger partial charge < -0.3 is 16.4 Å². The largest absolute Gasteiger partial charge is 0.352 e. The molecular weight excluding hydrogens is 334 g/mol. The van der Waals surface area contributed by atoms with Gasteiger partial charge in [0.15, 0.2) is 0 Å². The molecule has 2 rings (SSSR count). The van der Waals surface area contributed by atoms with E-state index in [0.29, 0.717) is 6.42 Å². The molecule has 1 unspecified atom stereocenters. The van der Waals surface area contributed by atoms with Gasteiger partial charge in [-0.05, 0) is 42.0 Å². The van der Waals surface area contributed by atoms with Crippen molar-refractivity contribution in [3.8, 4) is 0 Å². The number of hydrogen-bond acceptors (Lipinski definition) is 3. The van der Waals surface area contributed by atoms with Crippen molar-refractivity contribution in [1.82, 2.24) is 5.32 Å². The topological polar surface area (TPSA) is 84.2 Å². The van der Waals surface area contributed by atoms with Gasteiger partial charge in [-0.3, -0.25) is 4.79 Å². The van der Waals surface area contributed by atoms with Crippen LogP contribution in [0, 0.1) is 0 Å². The lowest BCUT2D eigenvalue weighted by Gasteiger charge is -2.18. The Morgan fingerprint density at radius 2 is 1.76 bits per heavy atom. The van der Waals surface area contributed by atoms with Crippen molar-refractivity contribution in [1.29, 1.82) is 0 Å². The molecule has 4 N–H and O–H groups in total. The molecule has 6 heteroatoms. The zero-order valence-electron chi connectivity index (χ0n) is 14.2. The highest BCUT2D eigenvalue weighted by Crippen LogP contribution is 2.19. The van der Waals surface area contributed by atoms with E-state index in [4.69, 9.17) is 5.73 Å². The summed E-state index contributed by atoms with van der Waals surface area (Å²) in [6.07, 6.45) is 3.20. The van der Waals surface area contributed by atoms with Gasteiger partial charge in [0.2, 0.25) is 5.91 Å². The Morgan fingerprint density at radius 3 is 2.44 bits per heavy atom. The Balaban J connectivity index is 2.12. The van der Waals surface area contributed by atoms with E-state index in [-0.39, 0.29) is 5.91 Å². The van der Waals surface area contributed by atoms with Crippen molar-refractivity contribution >= 4 is 29.4 Å². The molecule has 0 aliphatic heterocycles. The van der Waals surface area contributed by atoms with Gasteiger partial charge in [-0.1, -0.05) is 48.5 Å². The molecule has 132 valence electrons. The maximum atomic E-state index is 12.6. The number of thioether (sulfide) groups is 1. The first-order chi connectivity index (χ1) is 12.1. The lowest BCUT2D eigenvalue weighted by Crippen LogP contribution is -2.46. The number of benzene rings is 2. The summed E-state index contributed by atoms with van der Waals surface area (Å²) in [4.78, 5) is 23.7. The van der Waals surface area contributed by atoms with Gasteiger partial charge in [-0.25, -0.2) is 4.79 Å². The summed E-state index contributed by atoms with van der Waals surface area (Å²) < 4.78 is 0. The van der Waals surface area contributed by atoms with Crippen LogP contribution in [-0.4, -0.2) is 30.0 Å². The minimum atomic E-state index is -0.696. The average Bonchev–Trinajstić information content (AvgIpc) is 2.61. The summed E-state index contributed by atoms with van der Waals surface area (Å²) in [6, 6.07) is 16.4. The number of nitrogens with two attached hydrogens (primary N) is 1. The lowest BCUT2D eigenvalue weighted by atomic mass is 10.0. The van der Waals surface area contributed by atoms with Crippen LogP contribution in [0.3, 0.4) is 0 Å². The highest BCUT2D eigenvalue weighted by atomic mass is 32.2. The molecule has 3 amide bonds. The number of amides is 3. The van der Waals surface area contributed by atoms with Crippen molar-refractivity contribution in [2.24, 2.45) is 5.73 Å². The van der Waals surface area contributed by atoms with Gasteiger partial charge in [-0.15, -0.1) is 0 Å². The van der Waals surface area contributed by atoms with Crippen molar-refractivity contribution in [2.45, 2.75) is 18.9 Å². The first kappa shape index (κ1) is 18.9. The number of carbonyl (C=O) groups excluding carboxylic acids is 2. The summed E-state index contributed by atoms with van der Waals surface area (Å²) in [5.74, 6) is 0.498. The minimum Gasteiger partial charge on any atom is -0.352 e. The van der Waals surface area contributed by atoms with Crippen molar-refractivity contribution < 1.29 is 9.59 Å². The van der Waals surface area contributed by atoms with Crippen molar-refractivity contribution in [2.75, 3.05) is 17.3 Å². The summed E-state index contributed by atoms with van der Waals surface area (Å²) >= 11 is 1.61. The van der Waals surface area contributed by atoms with Gasteiger partial charge in [0, 0.05) is 5.69 Å². The Morgan fingerprint density at radius 1 is 1.08 bits per heavy atom. The standard InChI is InChI=1S/C19H23N3O2S/c1-25-12-11-17(22-19(20)24)18(23)21-16-10-6-5-9-15(16)13-14-7-3-2-4-8-14/h2-10,17H,11-13H2,1H3,(H,21,23)(H3,20,22,24). The SMILES string of the molecule is CSCCC(NC(N)=O)C(=O)Nc1ccccc1Cc1ccccc1. The second kappa shape index (κ2) is 9.74. The summed E-state index contributed by atoms with van der Waals surface area (Å²) in [6.45, 7) is 0. The summed E-state index contributed by atoms with van der Waals surface area (Å²) in [5.41, 5.74) is 8.12. The second-order valence-corrected chi connectivity index (χ2v) is 6.64. The van der Waals surface area contributed by atoms with E-state index in [2.05, 4.69) is 22.8 Å². The van der Waals surface area contributed by atoms with Crippen LogP contribution in [-0.2, 0) is 11.2 Å². The van der Waals surface area contributed by atoms with Gasteiger partial charge >= 0.3 is 6.03 Å². The van der Waals surface area contributed by atoms with Crippen LogP contribution in [0.1, 0.15) is 17.5 Å². The maximum Gasteiger partial charge on any atom is 0.312 e. The highest BCUT2D eigenvalue weighted by Gasteiger charge is 2.20. The van der Waals surface area contributed by atoms with E-state index in [1.54, 1.807) is 11.8 Å². The van der Waals surface area contributed by atoms with Gasteiger partial charge in [-0.2, -0.15) is 11.8 Å². The second-order valence-electron chi connectivity index (χ2n) is 5.65. The molecule has 0 aromatic heterocycles. The molecule has 5 nitrogen and oxygen atoms in total. The summed E-state index contributed by atoms with van der Waals surface area (Å²) in [7, 11) is 0. The molecule has 0 bridgehead atoms. The van der Waals surface area contributed by atoms with Crippen LogP contribution in [0.15, 0.2) is 54.6 Å². The van der Waals surface area contributed by atoms with E-state index < -0.39 is 12.1 Å². The van der Waals surface area contributed by atoms with Crippen LogP contribution in [0.5, 0.6) is 0 Å². The number of hydrogen-bond donors (Lipinski definition) is 3. The molecule has 0 saturated carbocycles. The number of rotatable bonds is 8. The predicted octanol–water partition coefficient (Wildman–Crippen LogP) is 3.01. The Kier molecular flexibility index (Phi) is 7.35. The van der Waals surface area contributed by atoms with Crippen LogP contribution in [0.2, 0.25) is 0 Å². The Labute approximate surface area is 152 Å². The number of carbonyl (C=O) groups is 2. The van der Waals surface area contributed by atoms with E-state index in [9.17, 15) is 9.59 Å². The molecular formula is C19H23N3O2S. The van der Waals surface area contributed by atoms with Crippen LogP contribution in [0.4, 0.5) is 10.5 Å². The minimum absolute atomic E-state index is 0.256. The molecule has 2 aromatic rings. The molecule has 2 aromatic carbocycles. The Hall–Kier alpha value is -2.47. The third-order valence-electron chi connectivity index (χ3n) is 3.76. The fraction of sp³-hybridized carbons (Fsp3) is 0.263. The third kappa shape index (κ3) is 6.15. The molecule has 25 heavy (non-hydrogen) atoms. The van der Waals surface area contributed by atoms with Crippen molar-refractivity contribution in [3.05, 3.63) is 65.7 Å².